The van der Waals surface area contributed by atoms with E-state index in [0.717, 1.165) is 23.7 Å². The van der Waals surface area contributed by atoms with E-state index in [1.54, 1.807) is 7.05 Å². The third kappa shape index (κ3) is 7.10. The van der Waals surface area contributed by atoms with E-state index in [1.165, 1.54) is 5.56 Å². The van der Waals surface area contributed by atoms with Gasteiger partial charge in [-0.1, -0.05) is 48.5 Å². The average Bonchev–Trinajstić information content (AvgIpc) is 2.67. The fraction of sp³-hybridized carbons (Fsp3) is 0.350. The maximum atomic E-state index is 12.2. The Morgan fingerprint density at radius 2 is 1.72 bits per heavy atom. The normalized spacial score (nSPS) is 13.9. The summed E-state index contributed by atoms with van der Waals surface area (Å²) in [6.45, 7) is 2.77. The minimum Gasteiger partial charge on any atom is -0.355 e. The number of hydrogen-bond donors (Lipinski definition) is 2. The van der Waals surface area contributed by atoms with E-state index in [4.69, 9.17) is 0 Å². The van der Waals surface area contributed by atoms with Crippen LogP contribution in [0.15, 0.2) is 70.6 Å². The summed E-state index contributed by atoms with van der Waals surface area (Å²) in [6.07, 6.45) is 2.06. The summed E-state index contributed by atoms with van der Waals surface area (Å²) in [6, 6.07) is 20.3. The zero-order chi connectivity index (χ0) is 17.9. The van der Waals surface area contributed by atoms with Crippen LogP contribution < -0.4 is 10.6 Å². The molecule has 0 spiro atoms. The molecule has 2 aromatic rings. The van der Waals surface area contributed by atoms with Crippen molar-refractivity contribution in [2.75, 3.05) is 19.3 Å². The fourth-order valence-electron chi connectivity index (χ4n) is 2.48. The molecule has 2 atom stereocenters. The molecule has 0 saturated heterocycles. The Labute approximate surface area is 153 Å². The summed E-state index contributed by atoms with van der Waals surface area (Å²) in [4.78, 5) is 5.11. The van der Waals surface area contributed by atoms with Gasteiger partial charge in [-0.15, -0.1) is 0 Å². The number of aryl methyl sites for hydroxylation is 1. The highest BCUT2D eigenvalue weighted by atomic mass is 32.2. The molecule has 2 rings (SSSR count). The molecule has 0 amide bonds. The number of rotatable bonds is 8. The summed E-state index contributed by atoms with van der Waals surface area (Å²) in [7, 11) is 0.769. The Morgan fingerprint density at radius 3 is 2.36 bits per heavy atom. The summed E-state index contributed by atoms with van der Waals surface area (Å²) >= 11 is 0. The lowest BCUT2D eigenvalue weighted by Crippen LogP contribution is -2.43. The average molecular weight is 358 g/mol. The van der Waals surface area contributed by atoms with Crippen LogP contribution in [0.1, 0.15) is 18.9 Å². The van der Waals surface area contributed by atoms with Crippen molar-refractivity contribution in [3.63, 3.8) is 0 Å². The van der Waals surface area contributed by atoms with E-state index in [2.05, 4.69) is 46.8 Å². The van der Waals surface area contributed by atoms with Crippen LogP contribution in [0.4, 0.5) is 0 Å². The van der Waals surface area contributed by atoms with Crippen molar-refractivity contribution < 1.29 is 4.21 Å². The lowest BCUT2D eigenvalue weighted by Gasteiger charge is -2.18. The summed E-state index contributed by atoms with van der Waals surface area (Å²) in [5, 5.41) is 6.64. The molecule has 0 fully saturated rings. The molecule has 0 radical (unpaired) electrons. The number of nitrogens with zero attached hydrogens (tertiary/aromatic N) is 1. The third-order valence-corrected chi connectivity index (χ3v) is 5.27. The minimum atomic E-state index is -0.988. The fourth-order valence-corrected chi connectivity index (χ4v) is 3.46. The van der Waals surface area contributed by atoms with Crippen molar-refractivity contribution in [1.82, 2.24) is 10.6 Å². The van der Waals surface area contributed by atoms with E-state index in [1.807, 2.05) is 36.4 Å². The van der Waals surface area contributed by atoms with Gasteiger partial charge in [0.2, 0.25) is 0 Å². The smallest absolute Gasteiger partial charge is 0.191 e. The number of nitrogens with one attached hydrogen (secondary N) is 2. The molecular weight excluding hydrogens is 330 g/mol. The second kappa shape index (κ2) is 10.7. The predicted molar refractivity (Wildman–Crippen MR) is 106 cm³/mol. The van der Waals surface area contributed by atoms with Crippen LogP contribution in [-0.2, 0) is 17.2 Å². The van der Waals surface area contributed by atoms with Crippen molar-refractivity contribution in [2.45, 2.75) is 30.7 Å². The molecule has 0 aliphatic rings. The number of benzene rings is 2. The zero-order valence-corrected chi connectivity index (χ0v) is 15.8. The molecular formula is C20H27N3OS. The molecule has 2 N–H and O–H groups in total. The molecule has 0 aliphatic carbocycles. The van der Waals surface area contributed by atoms with Crippen molar-refractivity contribution in [1.29, 1.82) is 0 Å². The summed E-state index contributed by atoms with van der Waals surface area (Å²) in [5.74, 6) is 1.31. The maximum Gasteiger partial charge on any atom is 0.191 e. The Hall–Kier alpha value is -2.14. The second-order valence-corrected chi connectivity index (χ2v) is 7.50. The highest BCUT2D eigenvalue weighted by Gasteiger charge is 2.07. The first-order valence-corrected chi connectivity index (χ1v) is 9.95. The molecule has 0 saturated carbocycles. The zero-order valence-electron chi connectivity index (χ0n) is 14.9. The van der Waals surface area contributed by atoms with Gasteiger partial charge in [0.15, 0.2) is 5.96 Å². The van der Waals surface area contributed by atoms with E-state index in [0.29, 0.717) is 18.3 Å². The molecule has 0 aromatic heterocycles. The lowest BCUT2D eigenvalue weighted by atomic mass is 10.1. The Kier molecular flexibility index (Phi) is 8.19. The highest BCUT2D eigenvalue weighted by molar-refractivity contribution is 7.85. The first-order valence-electron chi connectivity index (χ1n) is 8.63. The van der Waals surface area contributed by atoms with Crippen LogP contribution in [0.5, 0.6) is 0 Å². The van der Waals surface area contributed by atoms with Crippen LogP contribution in [0, 0.1) is 0 Å². The predicted octanol–water partition coefficient (Wildman–Crippen LogP) is 2.98. The van der Waals surface area contributed by atoms with Crippen molar-refractivity contribution >= 4 is 16.8 Å². The van der Waals surface area contributed by atoms with Gasteiger partial charge in [0, 0.05) is 30.3 Å². The van der Waals surface area contributed by atoms with Crippen LogP contribution in [0.2, 0.25) is 0 Å². The molecule has 0 heterocycles. The van der Waals surface area contributed by atoms with E-state index in [9.17, 15) is 4.21 Å². The van der Waals surface area contributed by atoms with E-state index in [-0.39, 0.29) is 0 Å². The van der Waals surface area contributed by atoms with Crippen molar-refractivity contribution in [3.05, 3.63) is 66.2 Å². The molecule has 25 heavy (non-hydrogen) atoms. The Bertz CT molecular complexity index is 674. The van der Waals surface area contributed by atoms with E-state index >= 15 is 0 Å². The van der Waals surface area contributed by atoms with Crippen LogP contribution in [0.3, 0.4) is 0 Å². The number of guanidine groups is 1. The first kappa shape index (κ1) is 19.2. The largest absolute Gasteiger partial charge is 0.355 e. The highest BCUT2D eigenvalue weighted by Crippen LogP contribution is 2.05. The molecule has 0 bridgehead atoms. The minimum absolute atomic E-state index is 0.311. The van der Waals surface area contributed by atoms with Crippen LogP contribution in [-0.4, -0.2) is 35.6 Å². The third-order valence-electron chi connectivity index (χ3n) is 3.90. The van der Waals surface area contributed by atoms with Gasteiger partial charge in [-0.2, -0.15) is 0 Å². The van der Waals surface area contributed by atoms with Gasteiger partial charge in [0.05, 0.1) is 10.8 Å². The quantitative estimate of drug-likeness (QED) is 0.564. The number of aliphatic imine (C=N–C) groups is 1. The van der Waals surface area contributed by atoms with Gasteiger partial charge >= 0.3 is 0 Å². The maximum absolute atomic E-state index is 12.2. The summed E-state index contributed by atoms with van der Waals surface area (Å²) < 4.78 is 12.2. The Balaban J connectivity index is 1.70. The SMILES string of the molecule is CN=C(NCCS(=O)c1ccccc1)NC(C)CCc1ccccc1. The van der Waals surface area contributed by atoms with Crippen molar-refractivity contribution in [3.8, 4) is 0 Å². The standard InChI is InChI=1S/C20H27N3OS/c1-17(13-14-18-9-5-3-6-10-18)23-20(21-2)22-15-16-25(24)19-11-7-4-8-12-19/h3-12,17H,13-16H2,1-2H3,(H2,21,22,23). The van der Waals surface area contributed by atoms with Gasteiger partial charge in [-0.25, -0.2) is 0 Å². The topological polar surface area (TPSA) is 53.5 Å². The van der Waals surface area contributed by atoms with Gasteiger partial charge in [-0.3, -0.25) is 9.20 Å². The van der Waals surface area contributed by atoms with Crippen molar-refractivity contribution in [2.24, 2.45) is 4.99 Å². The van der Waals surface area contributed by atoms with Gasteiger partial charge in [0.25, 0.3) is 0 Å². The van der Waals surface area contributed by atoms with E-state index < -0.39 is 10.8 Å². The molecule has 134 valence electrons. The molecule has 2 aromatic carbocycles. The Morgan fingerprint density at radius 1 is 1.08 bits per heavy atom. The lowest BCUT2D eigenvalue weighted by molar-refractivity contribution is 0.595. The van der Waals surface area contributed by atoms with Crippen LogP contribution >= 0.6 is 0 Å². The number of hydrogen-bond acceptors (Lipinski definition) is 2. The molecule has 2 unspecified atom stereocenters. The molecule has 4 nitrogen and oxygen atoms in total. The monoisotopic (exact) mass is 357 g/mol. The van der Waals surface area contributed by atoms with Gasteiger partial charge < -0.3 is 10.6 Å². The van der Waals surface area contributed by atoms with Crippen LogP contribution in [0.25, 0.3) is 0 Å². The second-order valence-electron chi connectivity index (χ2n) is 5.93. The van der Waals surface area contributed by atoms with Gasteiger partial charge in [-0.05, 0) is 37.5 Å². The molecule has 0 aliphatic heterocycles. The molecule has 5 heteroatoms. The van der Waals surface area contributed by atoms with Gasteiger partial charge in [0.1, 0.15) is 0 Å². The first-order chi connectivity index (χ1) is 12.2. The summed E-state index contributed by atoms with van der Waals surface area (Å²) in [5.41, 5.74) is 1.34.